The first-order valence-corrected chi connectivity index (χ1v) is 5.27. The van der Waals surface area contributed by atoms with Crippen LogP contribution in [-0.2, 0) is 17.8 Å². The Bertz CT molecular complexity index is 422. The maximum Gasteiger partial charge on any atom is 0.204 e. The smallest absolute Gasteiger partial charge is 0.204 e. The lowest BCUT2D eigenvalue weighted by molar-refractivity contribution is 0.464. The molecule has 3 nitrogen and oxygen atoms in total. The third-order valence-electron chi connectivity index (χ3n) is 2.46. The van der Waals surface area contributed by atoms with Gasteiger partial charge in [-0.05, 0) is 18.1 Å². The predicted octanol–water partition coefficient (Wildman–Crippen LogP) is 1.85. The molecule has 1 aromatic heterocycles. The van der Waals surface area contributed by atoms with Crippen molar-refractivity contribution in [2.45, 2.75) is 13.0 Å². The van der Waals surface area contributed by atoms with Crippen LogP contribution in [0.2, 0.25) is 0 Å². The number of carbonyl (C=O) groups excluding carboxylic acids is 1. The van der Waals surface area contributed by atoms with E-state index in [1.54, 1.807) is 10.9 Å². The Morgan fingerprint density at radius 1 is 1.25 bits per heavy atom. The average Bonchev–Trinajstić information content (AvgIpc) is 2.82. The molecule has 0 aliphatic heterocycles. The van der Waals surface area contributed by atoms with E-state index in [9.17, 15) is 4.79 Å². The summed E-state index contributed by atoms with van der Waals surface area (Å²) in [7, 11) is 0. The Morgan fingerprint density at radius 3 is 2.69 bits per heavy atom. The molecule has 0 N–H and O–H groups in total. The molecule has 1 atom stereocenters. The summed E-state index contributed by atoms with van der Waals surface area (Å²) < 4.78 is 1.76. The highest BCUT2D eigenvalue weighted by Crippen LogP contribution is 2.08. The topological polar surface area (TPSA) is 34.9 Å². The molecule has 1 unspecified atom stereocenters. The molecule has 1 heterocycles. The van der Waals surface area contributed by atoms with Gasteiger partial charge in [0.25, 0.3) is 0 Å². The molecule has 2 aromatic rings. The second-order valence-corrected chi connectivity index (χ2v) is 3.73. The van der Waals surface area contributed by atoms with Gasteiger partial charge in [0, 0.05) is 18.3 Å². The summed E-state index contributed by atoms with van der Waals surface area (Å²) in [5.41, 5.74) is 1.16. The van der Waals surface area contributed by atoms with E-state index in [-0.39, 0.29) is 5.92 Å². The Balaban J connectivity index is 1.99. The Kier molecular flexibility index (Phi) is 3.49. The van der Waals surface area contributed by atoms with Crippen molar-refractivity contribution in [3.05, 3.63) is 54.4 Å². The van der Waals surface area contributed by atoms with E-state index < -0.39 is 0 Å². The molecule has 3 heteroatoms. The van der Waals surface area contributed by atoms with Gasteiger partial charge in [-0.3, -0.25) is 9.48 Å². The van der Waals surface area contributed by atoms with Gasteiger partial charge >= 0.3 is 0 Å². The van der Waals surface area contributed by atoms with E-state index in [0.717, 1.165) is 5.56 Å². The molecule has 2 rings (SSSR count). The number of rotatable bonds is 5. The first-order valence-electron chi connectivity index (χ1n) is 5.27. The summed E-state index contributed by atoms with van der Waals surface area (Å²) in [6.07, 6.45) is 6.36. The van der Waals surface area contributed by atoms with Crippen molar-refractivity contribution < 1.29 is 4.79 Å². The van der Waals surface area contributed by atoms with Gasteiger partial charge in [0.2, 0.25) is 6.29 Å². The Labute approximate surface area is 94.7 Å². The standard InChI is InChI=1S/C13H13N2O/c16-11-13(10-15-8-4-7-14-15)9-12-5-2-1-3-6-12/h1-8,13H,9-10H2. The van der Waals surface area contributed by atoms with Crippen molar-refractivity contribution in [1.82, 2.24) is 9.78 Å². The summed E-state index contributed by atoms with van der Waals surface area (Å²) in [4.78, 5) is 10.9. The molecule has 1 aromatic carbocycles. The number of aromatic nitrogens is 2. The van der Waals surface area contributed by atoms with Gasteiger partial charge < -0.3 is 0 Å². The van der Waals surface area contributed by atoms with Crippen LogP contribution >= 0.6 is 0 Å². The van der Waals surface area contributed by atoms with Crippen molar-refractivity contribution >= 4 is 6.29 Å². The first-order chi connectivity index (χ1) is 7.88. The van der Waals surface area contributed by atoms with E-state index in [0.29, 0.717) is 13.0 Å². The zero-order valence-corrected chi connectivity index (χ0v) is 8.91. The highest BCUT2D eigenvalue weighted by molar-refractivity contribution is 5.55. The van der Waals surface area contributed by atoms with Crippen molar-refractivity contribution in [3.63, 3.8) is 0 Å². The molecule has 0 saturated heterocycles. The summed E-state index contributed by atoms with van der Waals surface area (Å²) in [5.74, 6) is -0.137. The molecule has 0 amide bonds. The quantitative estimate of drug-likeness (QED) is 0.759. The Morgan fingerprint density at radius 2 is 2.06 bits per heavy atom. The molecular weight excluding hydrogens is 200 g/mol. The van der Waals surface area contributed by atoms with Crippen LogP contribution < -0.4 is 0 Å². The maximum atomic E-state index is 10.9. The van der Waals surface area contributed by atoms with Crippen molar-refractivity contribution in [1.29, 1.82) is 0 Å². The van der Waals surface area contributed by atoms with Crippen LogP contribution in [0.15, 0.2) is 48.8 Å². The SMILES string of the molecule is O=[C]C(Cc1ccccc1)Cn1cccn1. The second kappa shape index (κ2) is 5.26. The van der Waals surface area contributed by atoms with Crippen LogP contribution in [0, 0.1) is 5.92 Å². The van der Waals surface area contributed by atoms with E-state index in [4.69, 9.17) is 0 Å². The van der Waals surface area contributed by atoms with Crippen molar-refractivity contribution in [3.8, 4) is 0 Å². The van der Waals surface area contributed by atoms with Crippen molar-refractivity contribution in [2.75, 3.05) is 0 Å². The van der Waals surface area contributed by atoms with Crippen LogP contribution in [0.3, 0.4) is 0 Å². The lowest BCUT2D eigenvalue weighted by atomic mass is 10.0. The molecule has 81 valence electrons. The van der Waals surface area contributed by atoms with Gasteiger partial charge in [-0.2, -0.15) is 5.10 Å². The van der Waals surface area contributed by atoms with Crippen LogP contribution in [0.25, 0.3) is 0 Å². The fourth-order valence-corrected chi connectivity index (χ4v) is 1.68. The maximum absolute atomic E-state index is 10.9. The van der Waals surface area contributed by atoms with Crippen LogP contribution in [0.5, 0.6) is 0 Å². The minimum atomic E-state index is -0.137. The van der Waals surface area contributed by atoms with Crippen LogP contribution in [0.1, 0.15) is 5.56 Å². The summed E-state index contributed by atoms with van der Waals surface area (Å²) >= 11 is 0. The molecule has 0 saturated carbocycles. The van der Waals surface area contributed by atoms with Crippen LogP contribution in [0.4, 0.5) is 0 Å². The summed E-state index contributed by atoms with van der Waals surface area (Å²) in [5, 5.41) is 4.08. The minimum absolute atomic E-state index is 0.137. The van der Waals surface area contributed by atoms with E-state index in [2.05, 4.69) is 11.4 Å². The van der Waals surface area contributed by atoms with E-state index in [1.165, 1.54) is 0 Å². The highest BCUT2D eigenvalue weighted by Gasteiger charge is 2.10. The fourth-order valence-electron chi connectivity index (χ4n) is 1.68. The van der Waals surface area contributed by atoms with E-state index >= 15 is 0 Å². The highest BCUT2D eigenvalue weighted by atomic mass is 16.1. The zero-order chi connectivity index (χ0) is 11.2. The van der Waals surface area contributed by atoms with Gasteiger partial charge in [0.05, 0.1) is 6.54 Å². The van der Waals surface area contributed by atoms with Gasteiger partial charge in [0.1, 0.15) is 0 Å². The summed E-state index contributed by atoms with van der Waals surface area (Å²) in [6, 6.07) is 11.8. The monoisotopic (exact) mass is 213 g/mol. The van der Waals surface area contributed by atoms with Gasteiger partial charge in [0.15, 0.2) is 0 Å². The lowest BCUT2D eigenvalue weighted by Crippen LogP contribution is -2.15. The first kappa shape index (κ1) is 10.6. The molecule has 1 radical (unpaired) electrons. The molecule has 0 spiro atoms. The van der Waals surface area contributed by atoms with E-state index in [1.807, 2.05) is 42.6 Å². The third-order valence-corrected chi connectivity index (χ3v) is 2.46. The number of nitrogens with zero attached hydrogens (tertiary/aromatic N) is 2. The van der Waals surface area contributed by atoms with Crippen molar-refractivity contribution in [2.24, 2.45) is 5.92 Å². The summed E-state index contributed by atoms with van der Waals surface area (Å²) in [6.45, 7) is 0.589. The Hall–Kier alpha value is -1.90. The average molecular weight is 213 g/mol. The van der Waals surface area contributed by atoms with Gasteiger partial charge in [-0.15, -0.1) is 0 Å². The fraction of sp³-hybridized carbons (Fsp3) is 0.231. The van der Waals surface area contributed by atoms with Crippen LogP contribution in [-0.4, -0.2) is 16.1 Å². The molecule has 0 fully saturated rings. The zero-order valence-electron chi connectivity index (χ0n) is 8.91. The third kappa shape index (κ3) is 2.79. The number of hydrogen-bond acceptors (Lipinski definition) is 2. The molecule has 16 heavy (non-hydrogen) atoms. The molecular formula is C13H13N2O. The minimum Gasteiger partial charge on any atom is -0.290 e. The second-order valence-electron chi connectivity index (χ2n) is 3.73. The van der Waals surface area contributed by atoms with Gasteiger partial charge in [-0.25, -0.2) is 0 Å². The lowest BCUT2D eigenvalue weighted by Gasteiger charge is -2.09. The largest absolute Gasteiger partial charge is 0.290 e. The van der Waals surface area contributed by atoms with Gasteiger partial charge in [-0.1, -0.05) is 30.3 Å². The predicted molar refractivity (Wildman–Crippen MR) is 61.6 cm³/mol. The number of hydrogen-bond donors (Lipinski definition) is 0. The number of benzene rings is 1. The normalized spacial score (nSPS) is 12.2. The molecule has 0 aliphatic carbocycles. The molecule has 0 bridgehead atoms. The molecule has 0 aliphatic rings.